The highest BCUT2D eigenvalue weighted by molar-refractivity contribution is 6.10. The van der Waals surface area contributed by atoms with E-state index >= 15 is 0 Å². The Bertz CT molecular complexity index is 926. The Hall–Kier alpha value is -3.07. The predicted molar refractivity (Wildman–Crippen MR) is 112 cm³/mol. The molecule has 9 nitrogen and oxygen atoms in total. The lowest BCUT2D eigenvalue weighted by molar-refractivity contribution is -0.136. The second-order valence-corrected chi connectivity index (χ2v) is 7.55. The average Bonchev–Trinajstić information content (AvgIpc) is 3.23. The largest absolute Gasteiger partial charge is 0.494 e. The van der Waals surface area contributed by atoms with Gasteiger partial charge in [0, 0.05) is 37.3 Å². The maximum absolute atomic E-state index is 13.2. The third kappa shape index (κ3) is 2.92. The highest BCUT2D eigenvalue weighted by atomic mass is 16.5. The molecule has 2 unspecified atom stereocenters. The minimum atomic E-state index is -0.607. The number of hydrogen-bond donors (Lipinski definition) is 1. The smallest absolute Gasteiger partial charge is 0.328 e. The summed E-state index contributed by atoms with van der Waals surface area (Å²) < 4.78 is 5.54. The average molecular weight is 413 g/mol. The molecule has 1 saturated heterocycles. The Morgan fingerprint density at radius 1 is 1.13 bits per heavy atom. The topological polar surface area (TPSA) is 88.9 Å². The van der Waals surface area contributed by atoms with Gasteiger partial charge in [0.1, 0.15) is 5.75 Å². The molecule has 0 spiro atoms. The maximum Gasteiger partial charge on any atom is 0.328 e. The molecule has 4 rings (SSSR count). The zero-order valence-electron chi connectivity index (χ0n) is 17.7. The fraction of sp³-hybridized carbons (Fsp3) is 0.476. The number of nitrogens with zero attached hydrogens (tertiary/aromatic N) is 5. The van der Waals surface area contributed by atoms with Gasteiger partial charge in [-0.05, 0) is 51.5 Å². The third-order valence-electron chi connectivity index (χ3n) is 5.84. The molecule has 1 aromatic carbocycles. The molecule has 3 heterocycles. The lowest BCUT2D eigenvalue weighted by Crippen LogP contribution is -2.64. The van der Waals surface area contributed by atoms with E-state index in [0.717, 1.165) is 22.8 Å². The summed E-state index contributed by atoms with van der Waals surface area (Å²) in [5.74, 6) is 1.15. The molecule has 0 aliphatic carbocycles. The number of hydrogen-bond acceptors (Lipinski definition) is 7. The Labute approximate surface area is 175 Å². The summed E-state index contributed by atoms with van der Waals surface area (Å²) >= 11 is 0. The first kappa shape index (κ1) is 20.2. The van der Waals surface area contributed by atoms with Crippen molar-refractivity contribution >= 4 is 23.6 Å². The quantitative estimate of drug-likeness (QED) is 0.765. The zero-order valence-corrected chi connectivity index (χ0v) is 17.7. The summed E-state index contributed by atoms with van der Waals surface area (Å²) in [5, 5.41) is 9.14. The number of ether oxygens (including phenoxy) is 1. The first-order valence-corrected chi connectivity index (χ1v) is 10.2. The number of benzene rings is 1. The number of aliphatic imine (C=N–C) groups is 1. The third-order valence-corrected chi connectivity index (χ3v) is 5.84. The van der Waals surface area contributed by atoms with Crippen LogP contribution in [0, 0.1) is 0 Å². The van der Waals surface area contributed by atoms with Gasteiger partial charge in [0.2, 0.25) is 5.96 Å². The van der Waals surface area contributed by atoms with Gasteiger partial charge in [0.05, 0.1) is 6.61 Å². The van der Waals surface area contributed by atoms with Gasteiger partial charge in [-0.1, -0.05) is 0 Å². The zero-order chi connectivity index (χ0) is 21.6. The van der Waals surface area contributed by atoms with Crippen molar-refractivity contribution in [3.63, 3.8) is 0 Å². The number of imide groups is 1. The molecule has 160 valence electrons. The number of rotatable bonds is 6. The molecular weight excluding hydrogens is 386 g/mol. The second kappa shape index (κ2) is 7.64. The standard InChI is InChI=1S/C21H27N5O4/c1-5-30-16-9-7-15(8-10-16)25-13(2)14(3)26-17-18(22-20(25)26)23(4)21(29)24(19(17)28)11-6-12-27/h7-10,17-18,27H,5-6,11-12H2,1-4H3. The molecule has 9 heteroatoms. The van der Waals surface area contributed by atoms with E-state index in [1.165, 1.54) is 9.80 Å². The Balaban J connectivity index is 1.69. The summed E-state index contributed by atoms with van der Waals surface area (Å²) in [6, 6.07) is 6.74. The normalized spacial score (nSPS) is 23.3. The molecule has 1 aromatic rings. The van der Waals surface area contributed by atoms with Crippen LogP contribution in [0.2, 0.25) is 0 Å². The maximum atomic E-state index is 13.2. The molecule has 30 heavy (non-hydrogen) atoms. The van der Waals surface area contributed by atoms with Crippen molar-refractivity contribution in [1.29, 1.82) is 0 Å². The van der Waals surface area contributed by atoms with Crippen LogP contribution in [0.15, 0.2) is 40.7 Å². The van der Waals surface area contributed by atoms with Gasteiger partial charge in [-0.15, -0.1) is 0 Å². The van der Waals surface area contributed by atoms with Crippen molar-refractivity contribution in [3.05, 3.63) is 35.7 Å². The number of fused-ring (bicyclic) bond motifs is 3. The van der Waals surface area contributed by atoms with Gasteiger partial charge in [0.15, 0.2) is 12.2 Å². The highest BCUT2D eigenvalue weighted by Crippen LogP contribution is 2.40. The van der Waals surface area contributed by atoms with Gasteiger partial charge < -0.3 is 14.7 Å². The van der Waals surface area contributed by atoms with Gasteiger partial charge in [-0.25, -0.2) is 9.79 Å². The number of amides is 3. The number of likely N-dealkylation sites (N-methyl/N-ethyl adjacent to an activating group) is 1. The Morgan fingerprint density at radius 3 is 2.47 bits per heavy atom. The molecule has 3 aliphatic heterocycles. The molecule has 0 bridgehead atoms. The lowest BCUT2D eigenvalue weighted by atomic mass is 10.1. The van der Waals surface area contributed by atoms with Crippen LogP contribution in [0.4, 0.5) is 10.5 Å². The molecular formula is C21H27N5O4. The second-order valence-electron chi connectivity index (χ2n) is 7.55. The first-order valence-electron chi connectivity index (χ1n) is 10.2. The number of anilines is 1. The summed E-state index contributed by atoms with van der Waals surface area (Å²) in [4.78, 5) is 37.4. The lowest BCUT2D eigenvalue weighted by Gasteiger charge is -2.40. The highest BCUT2D eigenvalue weighted by Gasteiger charge is 2.55. The molecule has 1 N–H and O–H groups in total. The van der Waals surface area contributed by atoms with E-state index in [0.29, 0.717) is 19.0 Å². The van der Waals surface area contributed by atoms with Crippen molar-refractivity contribution in [2.24, 2.45) is 4.99 Å². The van der Waals surface area contributed by atoms with Crippen molar-refractivity contribution < 1.29 is 19.4 Å². The Kier molecular flexibility index (Phi) is 5.15. The van der Waals surface area contributed by atoms with Crippen molar-refractivity contribution in [3.8, 4) is 5.75 Å². The van der Waals surface area contributed by atoms with Crippen LogP contribution in [0.1, 0.15) is 27.2 Å². The number of guanidine groups is 1. The Morgan fingerprint density at radius 2 is 1.83 bits per heavy atom. The van der Waals surface area contributed by atoms with Crippen molar-refractivity contribution in [1.82, 2.24) is 14.7 Å². The number of allylic oxidation sites excluding steroid dienone is 2. The molecule has 3 amide bonds. The van der Waals surface area contributed by atoms with E-state index in [1.807, 2.05) is 54.8 Å². The summed E-state index contributed by atoms with van der Waals surface area (Å²) in [7, 11) is 1.66. The number of carbonyl (C=O) groups excluding carboxylic acids is 2. The summed E-state index contributed by atoms with van der Waals surface area (Å²) in [5.41, 5.74) is 2.81. The van der Waals surface area contributed by atoms with E-state index < -0.39 is 12.2 Å². The van der Waals surface area contributed by atoms with E-state index in [9.17, 15) is 9.59 Å². The van der Waals surface area contributed by atoms with Crippen LogP contribution in [0.25, 0.3) is 0 Å². The molecule has 2 atom stereocenters. The minimum absolute atomic E-state index is 0.0795. The van der Waals surface area contributed by atoms with Gasteiger partial charge in [0.25, 0.3) is 5.91 Å². The molecule has 0 saturated carbocycles. The molecule has 3 aliphatic rings. The number of carbonyl (C=O) groups is 2. The molecule has 0 aromatic heterocycles. The molecule has 0 radical (unpaired) electrons. The fourth-order valence-corrected chi connectivity index (χ4v) is 4.21. The van der Waals surface area contributed by atoms with E-state index in [4.69, 9.17) is 14.8 Å². The van der Waals surface area contributed by atoms with Gasteiger partial charge >= 0.3 is 6.03 Å². The van der Waals surface area contributed by atoms with Crippen LogP contribution in [0.3, 0.4) is 0 Å². The number of aliphatic hydroxyl groups is 1. The number of urea groups is 1. The van der Waals surface area contributed by atoms with Gasteiger partial charge in [-0.2, -0.15) is 0 Å². The van der Waals surface area contributed by atoms with Gasteiger partial charge in [-0.3, -0.25) is 19.5 Å². The van der Waals surface area contributed by atoms with E-state index in [1.54, 1.807) is 7.05 Å². The van der Waals surface area contributed by atoms with E-state index in [2.05, 4.69) is 0 Å². The van der Waals surface area contributed by atoms with Crippen LogP contribution in [-0.2, 0) is 4.79 Å². The summed E-state index contributed by atoms with van der Waals surface area (Å²) in [6.45, 7) is 6.60. The number of aliphatic hydroxyl groups excluding tert-OH is 1. The van der Waals surface area contributed by atoms with Crippen LogP contribution >= 0.6 is 0 Å². The minimum Gasteiger partial charge on any atom is -0.494 e. The first-order chi connectivity index (χ1) is 14.4. The van der Waals surface area contributed by atoms with Crippen LogP contribution < -0.4 is 9.64 Å². The van der Waals surface area contributed by atoms with Crippen molar-refractivity contribution in [2.45, 2.75) is 39.4 Å². The van der Waals surface area contributed by atoms with Crippen LogP contribution in [-0.4, -0.2) is 76.7 Å². The summed E-state index contributed by atoms with van der Waals surface area (Å²) in [6.07, 6.45) is -0.235. The van der Waals surface area contributed by atoms with Crippen LogP contribution in [0.5, 0.6) is 5.75 Å². The van der Waals surface area contributed by atoms with Crippen molar-refractivity contribution in [2.75, 3.05) is 31.7 Å². The SMILES string of the molecule is CCOc1ccc(N2C3=NC4C(C(=O)N(CCCO)C(=O)N4C)N3C(C)=C2C)cc1. The molecule has 1 fully saturated rings. The van der Waals surface area contributed by atoms with E-state index in [-0.39, 0.29) is 25.1 Å². The predicted octanol–water partition coefficient (Wildman–Crippen LogP) is 1.80. The monoisotopic (exact) mass is 413 g/mol. The fourth-order valence-electron chi connectivity index (χ4n) is 4.21.